The van der Waals surface area contributed by atoms with Crippen molar-refractivity contribution in [3.8, 4) is 5.75 Å². The Kier molecular flexibility index (Phi) is 3.94. The highest BCUT2D eigenvalue weighted by Gasteiger charge is 2.34. The van der Waals surface area contributed by atoms with E-state index in [1.165, 1.54) is 19.1 Å². The van der Waals surface area contributed by atoms with E-state index in [1.807, 2.05) is 0 Å². The Labute approximate surface area is 115 Å². The SMILES string of the molecule is CC(O)c1ccc(N2CC=C(C(F)(F)F)CC2)cc1O. The molecule has 110 valence electrons. The van der Waals surface area contributed by atoms with Crippen LogP contribution in [0.5, 0.6) is 5.75 Å². The zero-order chi connectivity index (χ0) is 14.9. The van der Waals surface area contributed by atoms with Gasteiger partial charge in [-0.3, -0.25) is 0 Å². The fourth-order valence-electron chi connectivity index (χ4n) is 2.24. The summed E-state index contributed by atoms with van der Waals surface area (Å²) in [6, 6.07) is 4.74. The number of aromatic hydroxyl groups is 1. The molecule has 0 aromatic heterocycles. The van der Waals surface area contributed by atoms with Crippen molar-refractivity contribution in [1.29, 1.82) is 0 Å². The molecule has 0 aliphatic carbocycles. The van der Waals surface area contributed by atoms with Crippen molar-refractivity contribution in [3.05, 3.63) is 35.4 Å². The Morgan fingerprint density at radius 1 is 1.30 bits per heavy atom. The molecule has 1 aromatic carbocycles. The monoisotopic (exact) mass is 287 g/mol. The summed E-state index contributed by atoms with van der Waals surface area (Å²) in [5.74, 6) is -0.0527. The number of hydrogen-bond donors (Lipinski definition) is 2. The van der Waals surface area contributed by atoms with Gasteiger partial charge in [0.1, 0.15) is 5.75 Å². The standard InChI is InChI=1S/C14H16F3NO2/c1-9(19)12-3-2-11(8-13(12)20)18-6-4-10(5-7-18)14(15,16)17/h2-4,8-9,19-20H,5-7H2,1H3. The van der Waals surface area contributed by atoms with Crippen LogP contribution >= 0.6 is 0 Å². The van der Waals surface area contributed by atoms with Crippen LogP contribution in [0.25, 0.3) is 0 Å². The number of anilines is 1. The number of halogens is 3. The van der Waals surface area contributed by atoms with Crippen LogP contribution in [-0.4, -0.2) is 29.5 Å². The number of nitrogens with zero attached hydrogens (tertiary/aromatic N) is 1. The molecule has 1 atom stereocenters. The second kappa shape index (κ2) is 5.36. The fraction of sp³-hybridized carbons (Fsp3) is 0.429. The van der Waals surface area contributed by atoms with E-state index in [4.69, 9.17) is 0 Å². The lowest BCUT2D eigenvalue weighted by atomic mass is 10.1. The third kappa shape index (κ3) is 3.07. The van der Waals surface area contributed by atoms with Gasteiger partial charge in [0, 0.05) is 36.0 Å². The maximum Gasteiger partial charge on any atom is 0.412 e. The maximum absolute atomic E-state index is 12.5. The van der Waals surface area contributed by atoms with Crippen LogP contribution in [0.4, 0.5) is 18.9 Å². The molecule has 1 aliphatic heterocycles. The van der Waals surface area contributed by atoms with Crippen molar-refractivity contribution in [1.82, 2.24) is 0 Å². The number of phenols is 1. The molecule has 1 unspecified atom stereocenters. The van der Waals surface area contributed by atoms with Crippen molar-refractivity contribution < 1.29 is 23.4 Å². The summed E-state index contributed by atoms with van der Waals surface area (Å²) in [7, 11) is 0. The summed E-state index contributed by atoms with van der Waals surface area (Å²) in [6.45, 7) is 1.94. The third-order valence-electron chi connectivity index (χ3n) is 3.40. The van der Waals surface area contributed by atoms with E-state index < -0.39 is 17.9 Å². The molecule has 2 N–H and O–H groups in total. The van der Waals surface area contributed by atoms with Crippen molar-refractivity contribution in [2.45, 2.75) is 25.6 Å². The molecule has 0 amide bonds. The number of phenolic OH excluding ortho intramolecular Hbond substituents is 1. The van der Waals surface area contributed by atoms with E-state index in [2.05, 4.69) is 0 Å². The molecule has 3 nitrogen and oxygen atoms in total. The van der Waals surface area contributed by atoms with Crippen LogP contribution in [-0.2, 0) is 0 Å². The van der Waals surface area contributed by atoms with Crippen LogP contribution < -0.4 is 4.90 Å². The first kappa shape index (κ1) is 14.7. The molecule has 0 fully saturated rings. The van der Waals surface area contributed by atoms with Crippen LogP contribution in [0.1, 0.15) is 25.0 Å². The Balaban J connectivity index is 2.15. The van der Waals surface area contributed by atoms with E-state index >= 15 is 0 Å². The lowest BCUT2D eigenvalue weighted by Crippen LogP contribution is -2.31. The predicted molar refractivity (Wildman–Crippen MR) is 69.7 cm³/mol. The number of benzene rings is 1. The van der Waals surface area contributed by atoms with E-state index in [9.17, 15) is 23.4 Å². The zero-order valence-corrected chi connectivity index (χ0v) is 11.0. The summed E-state index contributed by atoms with van der Waals surface area (Å²) < 4.78 is 37.6. The quantitative estimate of drug-likeness (QED) is 0.821. The smallest absolute Gasteiger partial charge is 0.412 e. The van der Waals surface area contributed by atoms with Crippen molar-refractivity contribution in [2.75, 3.05) is 18.0 Å². The molecule has 6 heteroatoms. The average Bonchev–Trinajstić information content (AvgIpc) is 2.37. The summed E-state index contributed by atoms with van der Waals surface area (Å²) in [5.41, 5.74) is 0.542. The molecule has 1 aliphatic rings. The minimum atomic E-state index is -4.26. The number of rotatable bonds is 2. The Bertz CT molecular complexity index is 524. The topological polar surface area (TPSA) is 43.7 Å². The Morgan fingerprint density at radius 2 is 2.00 bits per heavy atom. The van der Waals surface area contributed by atoms with Gasteiger partial charge in [0.15, 0.2) is 0 Å². The van der Waals surface area contributed by atoms with Gasteiger partial charge in [0.25, 0.3) is 0 Å². The van der Waals surface area contributed by atoms with Gasteiger partial charge in [0.05, 0.1) is 6.10 Å². The lowest BCUT2D eigenvalue weighted by molar-refractivity contribution is -0.0944. The molecule has 0 saturated carbocycles. The van der Waals surface area contributed by atoms with Crippen LogP contribution in [0.2, 0.25) is 0 Å². The van der Waals surface area contributed by atoms with Crippen LogP contribution in [0, 0.1) is 0 Å². The zero-order valence-electron chi connectivity index (χ0n) is 11.0. The second-order valence-electron chi connectivity index (χ2n) is 4.84. The Hall–Kier alpha value is -1.69. The van der Waals surface area contributed by atoms with Gasteiger partial charge in [0.2, 0.25) is 0 Å². The first-order chi connectivity index (χ1) is 9.29. The van der Waals surface area contributed by atoms with Crippen molar-refractivity contribution in [3.63, 3.8) is 0 Å². The van der Waals surface area contributed by atoms with Gasteiger partial charge in [-0.1, -0.05) is 12.1 Å². The highest BCUT2D eigenvalue weighted by molar-refractivity contribution is 5.55. The number of hydrogen-bond acceptors (Lipinski definition) is 3. The van der Waals surface area contributed by atoms with Gasteiger partial charge in [-0.05, 0) is 19.4 Å². The predicted octanol–water partition coefficient (Wildman–Crippen LogP) is 3.14. The molecule has 20 heavy (non-hydrogen) atoms. The minimum absolute atomic E-state index is 0.0527. The number of aliphatic hydroxyl groups excluding tert-OH is 1. The van der Waals surface area contributed by atoms with Gasteiger partial charge < -0.3 is 15.1 Å². The third-order valence-corrected chi connectivity index (χ3v) is 3.40. The highest BCUT2D eigenvalue weighted by atomic mass is 19.4. The van der Waals surface area contributed by atoms with Gasteiger partial charge >= 0.3 is 6.18 Å². The molecule has 1 heterocycles. The van der Waals surface area contributed by atoms with Gasteiger partial charge in [-0.15, -0.1) is 0 Å². The number of alkyl halides is 3. The highest BCUT2D eigenvalue weighted by Crippen LogP contribution is 2.33. The Morgan fingerprint density at radius 3 is 2.45 bits per heavy atom. The minimum Gasteiger partial charge on any atom is -0.507 e. The molecule has 0 radical (unpaired) electrons. The van der Waals surface area contributed by atoms with Crippen LogP contribution in [0.15, 0.2) is 29.8 Å². The van der Waals surface area contributed by atoms with E-state index in [1.54, 1.807) is 17.0 Å². The first-order valence-electron chi connectivity index (χ1n) is 6.31. The van der Waals surface area contributed by atoms with Crippen LogP contribution in [0.3, 0.4) is 0 Å². The van der Waals surface area contributed by atoms with Gasteiger partial charge in [-0.2, -0.15) is 13.2 Å². The average molecular weight is 287 g/mol. The maximum atomic E-state index is 12.5. The van der Waals surface area contributed by atoms with Crippen molar-refractivity contribution >= 4 is 5.69 Å². The number of aliphatic hydroxyl groups is 1. The molecule has 1 aromatic rings. The van der Waals surface area contributed by atoms with Gasteiger partial charge in [-0.25, -0.2) is 0 Å². The van der Waals surface area contributed by atoms with E-state index in [0.717, 1.165) is 0 Å². The van der Waals surface area contributed by atoms with Crippen molar-refractivity contribution in [2.24, 2.45) is 0 Å². The normalized spacial score (nSPS) is 17.9. The summed E-state index contributed by atoms with van der Waals surface area (Å²) in [5, 5.41) is 19.2. The summed E-state index contributed by atoms with van der Waals surface area (Å²) in [6.07, 6.45) is -3.95. The second-order valence-corrected chi connectivity index (χ2v) is 4.84. The molecule has 0 bridgehead atoms. The summed E-state index contributed by atoms with van der Waals surface area (Å²) >= 11 is 0. The molecular weight excluding hydrogens is 271 g/mol. The van der Waals surface area contributed by atoms with E-state index in [-0.39, 0.29) is 25.3 Å². The molecular formula is C14H16F3NO2. The molecule has 0 spiro atoms. The largest absolute Gasteiger partial charge is 0.507 e. The summed E-state index contributed by atoms with van der Waals surface area (Å²) in [4.78, 5) is 1.75. The van der Waals surface area contributed by atoms with E-state index in [0.29, 0.717) is 11.3 Å². The molecule has 2 rings (SSSR count). The lowest BCUT2D eigenvalue weighted by Gasteiger charge is -2.29. The fourth-order valence-corrected chi connectivity index (χ4v) is 2.24. The molecule has 0 saturated heterocycles. The first-order valence-corrected chi connectivity index (χ1v) is 6.31.